The third-order valence-corrected chi connectivity index (χ3v) is 6.79. The van der Waals surface area contributed by atoms with Gasteiger partial charge in [-0.25, -0.2) is 8.42 Å². The number of alkyl halides is 3. The predicted molar refractivity (Wildman–Crippen MR) is 99.5 cm³/mol. The Morgan fingerprint density at radius 2 is 1.71 bits per heavy atom. The summed E-state index contributed by atoms with van der Waals surface area (Å²) in [4.78, 5) is -0.770. The van der Waals surface area contributed by atoms with E-state index in [1.54, 1.807) is 0 Å². The van der Waals surface area contributed by atoms with Gasteiger partial charge < -0.3 is 4.74 Å². The van der Waals surface area contributed by atoms with Crippen molar-refractivity contribution in [3.8, 4) is 0 Å². The van der Waals surface area contributed by atoms with Crippen molar-refractivity contribution in [2.24, 2.45) is 0 Å². The molecule has 0 aliphatic carbocycles. The second kappa shape index (κ2) is 8.41. The van der Waals surface area contributed by atoms with Gasteiger partial charge in [0.25, 0.3) is 0 Å². The number of halogens is 4. The van der Waals surface area contributed by atoms with E-state index in [0.717, 1.165) is 22.0 Å². The number of benzene rings is 2. The molecule has 2 aromatic carbocycles. The van der Waals surface area contributed by atoms with Crippen LogP contribution in [0.3, 0.4) is 0 Å². The highest BCUT2D eigenvalue weighted by Crippen LogP contribution is 2.37. The van der Waals surface area contributed by atoms with Gasteiger partial charge in [0.2, 0.25) is 10.0 Å². The normalized spacial score (nSPS) is 17.0. The fourth-order valence-corrected chi connectivity index (χ4v) is 4.95. The molecule has 1 heterocycles. The molecule has 2 aromatic rings. The van der Waals surface area contributed by atoms with Gasteiger partial charge in [0.05, 0.1) is 23.2 Å². The van der Waals surface area contributed by atoms with E-state index in [9.17, 15) is 21.6 Å². The Kier molecular flexibility index (Phi) is 6.34. The van der Waals surface area contributed by atoms with Crippen molar-refractivity contribution >= 4 is 21.6 Å². The molecule has 28 heavy (non-hydrogen) atoms. The first-order valence-electron chi connectivity index (χ1n) is 8.70. The van der Waals surface area contributed by atoms with E-state index in [1.165, 1.54) is 0 Å². The second-order valence-electron chi connectivity index (χ2n) is 6.54. The van der Waals surface area contributed by atoms with E-state index in [-0.39, 0.29) is 24.2 Å². The summed E-state index contributed by atoms with van der Waals surface area (Å²) in [5, 5.41) is -0.167. The summed E-state index contributed by atoms with van der Waals surface area (Å²) in [6, 6.07) is 12.3. The summed E-state index contributed by atoms with van der Waals surface area (Å²) in [7, 11) is -4.28. The first kappa shape index (κ1) is 21.1. The minimum absolute atomic E-state index is 0.0989. The zero-order valence-electron chi connectivity index (χ0n) is 14.8. The van der Waals surface area contributed by atoms with Crippen molar-refractivity contribution in [1.82, 2.24) is 4.31 Å². The van der Waals surface area contributed by atoms with Gasteiger partial charge in [0.15, 0.2) is 0 Å². The average molecular weight is 434 g/mol. The van der Waals surface area contributed by atoms with Gasteiger partial charge in [-0.3, -0.25) is 0 Å². The Balaban J connectivity index is 1.68. The minimum Gasteiger partial charge on any atom is -0.373 e. The Morgan fingerprint density at radius 1 is 1.07 bits per heavy atom. The van der Waals surface area contributed by atoms with E-state index in [4.69, 9.17) is 16.3 Å². The molecule has 1 saturated heterocycles. The van der Waals surface area contributed by atoms with Gasteiger partial charge in [0, 0.05) is 18.1 Å². The number of hydrogen-bond donors (Lipinski definition) is 0. The first-order valence-corrected chi connectivity index (χ1v) is 10.5. The molecule has 0 unspecified atom stereocenters. The summed E-state index contributed by atoms with van der Waals surface area (Å²) >= 11 is 5.64. The molecule has 0 spiro atoms. The summed E-state index contributed by atoms with van der Waals surface area (Å²) in [6.45, 7) is 0.608. The van der Waals surface area contributed by atoms with Crippen molar-refractivity contribution < 1.29 is 26.3 Å². The lowest BCUT2D eigenvalue weighted by Crippen LogP contribution is -2.41. The SMILES string of the molecule is O=S(=O)(c1ccc(Cl)cc1C(F)(F)F)N1CCC(OCc2ccccc2)CC1. The lowest BCUT2D eigenvalue weighted by molar-refractivity contribution is -0.139. The van der Waals surface area contributed by atoms with Crippen molar-refractivity contribution in [1.29, 1.82) is 0 Å². The van der Waals surface area contributed by atoms with Crippen molar-refractivity contribution in [2.75, 3.05) is 13.1 Å². The van der Waals surface area contributed by atoms with E-state index < -0.39 is 26.7 Å². The number of ether oxygens (including phenoxy) is 1. The molecule has 0 aromatic heterocycles. The molecule has 0 radical (unpaired) electrons. The minimum atomic E-state index is -4.82. The number of hydrogen-bond acceptors (Lipinski definition) is 3. The molecule has 0 saturated carbocycles. The lowest BCUT2D eigenvalue weighted by atomic mass is 10.1. The number of nitrogens with zero attached hydrogens (tertiary/aromatic N) is 1. The van der Waals surface area contributed by atoms with E-state index >= 15 is 0 Å². The van der Waals surface area contributed by atoms with Crippen LogP contribution in [0.2, 0.25) is 5.02 Å². The maximum atomic E-state index is 13.3. The van der Waals surface area contributed by atoms with Crippen LogP contribution in [0.4, 0.5) is 13.2 Å². The molecule has 0 bridgehead atoms. The molecule has 0 N–H and O–H groups in total. The van der Waals surface area contributed by atoms with Crippen molar-refractivity contribution in [2.45, 2.75) is 36.6 Å². The van der Waals surface area contributed by atoms with Crippen LogP contribution in [0.5, 0.6) is 0 Å². The van der Waals surface area contributed by atoms with Crippen molar-refractivity contribution in [3.05, 3.63) is 64.7 Å². The van der Waals surface area contributed by atoms with Gasteiger partial charge in [-0.1, -0.05) is 41.9 Å². The summed E-state index contributed by atoms with van der Waals surface area (Å²) in [5.41, 5.74) is -0.240. The molecular weight excluding hydrogens is 415 g/mol. The molecule has 152 valence electrons. The molecular formula is C19H19ClF3NO3S. The highest BCUT2D eigenvalue weighted by Gasteiger charge is 2.40. The fraction of sp³-hybridized carbons (Fsp3) is 0.368. The molecule has 4 nitrogen and oxygen atoms in total. The maximum Gasteiger partial charge on any atom is 0.417 e. The fourth-order valence-electron chi connectivity index (χ4n) is 3.12. The van der Waals surface area contributed by atoms with Gasteiger partial charge in [-0.15, -0.1) is 0 Å². The molecule has 9 heteroatoms. The van der Waals surface area contributed by atoms with E-state index in [1.807, 2.05) is 30.3 Å². The quantitative estimate of drug-likeness (QED) is 0.685. The summed E-state index contributed by atoms with van der Waals surface area (Å²) in [5.74, 6) is 0. The number of piperidine rings is 1. The van der Waals surface area contributed by atoms with E-state index in [2.05, 4.69) is 0 Å². The third kappa shape index (κ3) is 4.86. The standard InChI is InChI=1S/C19H19ClF3NO3S/c20-15-6-7-18(17(12-15)19(21,22)23)28(25,26)24-10-8-16(9-11-24)27-13-14-4-2-1-3-5-14/h1-7,12,16H,8-11,13H2. The van der Waals surface area contributed by atoms with Crippen LogP contribution in [0.25, 0.3) is 0 Å². The van der Waals surface area contributed by atoms with E-state index in [0.29, 0.717) is 25.5 Å². The van der Waals surface area contributed by atoms with Crippen LogP contribution in [-0.2, 0) is 27.5 Å². The van der Waals surface area contributed by atoms with Gasteiger partial charge >= 0.3 is 6.18 Å². The lowest BCUT2D eigenvalue weighted by Gasteiger charge is -2.31. The molecule has 3 rings (SSSR count). The molecule has 0 amide bonds. The Hall–Kier alpha value is -1.61. The van der Waals surface area contributed by atoms with Crippen LogP contribution in [0.1, 0.15) is 24.0 Å². The molecule has 1 fully saturated rings. The Bertz CT molecular complexity index is 912. The zero-order chi connectivity index (χ0) is 20.4. The molecule has 1 aliphatic heterocycles. The Labute approximate surface area is 166 Å². The van der Waals surface area contributed by atoms with Crippen LogP contribution in [0.15, 0.2) is 53.4 Å². The van der Waals surface area contributed by atoms with Crippen LogP contribution in [0, 0.1) is 0 Å². The summed E-state index contributed by atoms with van der Waals surface area (Å²) < 4.78 is 72.3. The van der Waals surface area contributed by atoms with Gasteiger partial charge in [-0.05, 0) is 36.6 Å². The van der Waals surface area contributed by atoms with Crippen LogP contribution < -0.4 is 0 Å². The highest BCUT2D eigenvalue weighted by molar-refractivity contribution is 7.89. The zero-order valence-corrected chi connectivity index (χ0v) is 16.4. The monoisotopic (exact) mass is 433 g/mol. The van der Waals surface area contributed by atoms with Crippen LogP contribution >= 0.6 is 11.6 Å². The first-order chi connectivity index (χ1) is 13.2. The predicted octanol–water partition coefficient (Wildman–Crippen LogP) is 4.73. The maximum absolute atomic E-state index is 13.3. The highest BCUT2D eigenvalue weighted by atomic mass is 35.5. The number of rotatable bonds is 5. The molecule has 0 atom stereocenters. The van der Waals surface area contributed by atoms with Gasteiger partial charge in [0.1, 0.15) is 0 Å². The molecule has 1 aliphatic rings. The Morgan fingerprint density at radius 3 is 2.32 bits per heavy atom. The largest absolute Gasteiger partial charge is 0.417 e. The van der Waals surface area contributed by atoms with Crippen LogP contribution in [-0.4, -0.2) is 31.9 Å². The smallest absolute Gasteiger partial charge is 0.373 e. The van der Waals surface area contributed by atoms with Gasteiger partial charge in [-0.2, -0.15) is 17.5 Å². The summed E-state index contributed by atoms with van der Waals surface area (Å²) in [6.07, 6.45) is -4.12. The number of sulfonamides is 1. The van der Waals surface area contributed by atoms with Crippen molar-refractivity contribution in [3.63, 3.8) is 0 Å². The topological polar surface area (TPSA) is 46.6 Å². The second-order valence-corrected chi connectivity index (χ2v) is 8.88. The average Bonchev–Trinajstić information content (AvgIpc) is 2.66. The third-order valence-electron chi connectivity index (χ3n) is 4.59.